The lowest BCUT2D eigenvalue weighted by Crippen LogP contribution is -2.70. The molecule has 0 bridgehead atoms. The van der Waals surface area contributed by atoms with Crippen molar-refractivity contribution < 1.29 is 9.59 Å². The van der Waals surface area contributed by atoms with Gasteiger partial charge in [0.25, 0.3) is 0 Å². The van der Waals surface area contributed by atoms with Crippen LogP contribution in [-0.2, 0) is 9.59 Å². The summed E-state index contributed by atoms with van der Waals surface area (Å²) in [6, 6.07) is -0.254. The van der Waals surface area contributed by atoms with E-state index in [1.807, 2.05) is 37.4 Å². The average Bonchev–Trinajstić information content (AvgIpc) is 2.43. The second-order valence-corrected chi connectivity index (χ2v) is 6.90. The molecule has 2 amide bonds. The molecule has 1 saturated heterocycles. The zero-order chi connectivity index (χ0) is 15.3. The molecule has 1 N–H and O–H groups in total. The molecule has 1 aliphatic heterocycles. The highest BCUT2D eigenvalue weighted by Crippen LogP contribution is 2.27. The predicted octanol–water partition coefficient (Wildman–Crippen LogP) is 2.42. The van der Waals surface area contributed by atoms with Crippen molar-refractivity contribution in [3.63, 3.8) is 0 Å². The number of rotatable bonds is 7. The minimum Gasteiger partial charge on any atom is -0.340 e. The van der Waals surface area contributed by atoms with Crippen LogP contribution >= 0.6 is 11.8 Å². The van der Waals surface area contributed by atoms with Gasteiger partial charge in [-0.3, -0.25) is 9.59 Å². The molecule has 0 aliphatic carbocycles. The molecule has 0 spiro atoms. The molecule has 0 aromatic heterocycles. The Morgan fingerprint density at radius 3 is 2.40 bits per heavy atom. The number of thioether (sulfide) groups is 1. The predicted molar refractivity (Wildman–Crippen MR) is 84.8 cm³/mol. The minimum atomic E-state index is -0.699. The maximum Gasteiger partial charge on any atom is 0.249 e. The van der Waals surface area contributed by atoms with Crippen LogP contribution < -0.4 is 5.32 Å². The van der Waals surface area contributed by atoms with E-state index in [-0.39, 0.29) is 23.9 Å². The lowest BCUT2D eigenvalue weighted by molar-refractivity contribution is -0.157. The van der Waals surface area contributed by atoms with Crippen LogP contribution in [0, 0.1) is 0 Å². The molecule has 0 aromatic carbocycles. The van der Waals surface area contributed by atoms with Crippen molar-refractivity contribution in [1.29, 1.82) is 0 Å². The lowest BCUT2D eigenvalue weighted by atomic mass is 9.86. The van der Waals surface area contributed by atoms with Crippen LogP contribution in [-0.4, -0.2) is 45.8 Å². The van der Waals surface area contributed by atoms with E-state index >= 15 is 0 Å². The van der Waals surface area contributed by atoms with Crippen LogP contribution in [0.5, 0.6) is 0 Å². The molecule has 1 aliphatic rings. The van der Waals surface area contributed by atoms with Gasteiger partial charge in [-0.25, -0.2) is 0 Å². The van der Waals surface area contributed by atoms with Crippen molar-refractivity contribution in [1.82, 2.24) is 10.2 Å². The van der Waals surface area contributed by atoms with Gasteiger partial charge in [0.1, 0.15) is 11.6 Å². The zero-order valence-corrected chi connectivity index (χ0v) is 14.2. The van der Waals surface area contributed by atoms with Crippen molar-refractivity contribution in [2.24, 2.45) is 0 Å². The molecule has 0 saturated carbocycles. The molecule has 5 heteroatoms. The van der Waals surface area contributed by atoms with Crippen LogP contribution in [0.25, 0.3) is 0 Å². The number of nitrogens with zero attached hydrogens (tertiary/aromatic N) is 1. The van der Waals surface area contributed by atoms with Gasteiger partial charge in [0.05, 0.1) is 0 Å². The normalized spacial score (nSPS) is 23.6. The molecule has 4 nitrogen and oxygen atoms in total. The summed E-state index contributed by atoms with van der Waals surface area (Å²) in [4.78, 5) is 26.9. The van der Waals surface area contributed by atoms with E-state index in [0.717, 1.165) is 17.9 Å². The first-order valence-corrected chi connectivity index (χ1v) is 8.81. The van der Waals surface area contributed by atoms with Gasteiger partial charge in [0, 0.05) is 6.04 Å². The number of piperazine rings is 1. The summed E-state index contributed by atoms with van der Waals surface area (Å²) in [5.41, 5.74) is -0.699. The Labute approximate surface area is 127 Å². The Bertz CT molecular complexity index is 356. The minimum absolute atomic E-state index is 0.0247. The Balaban J connectivity index is 2.90. The molecule has 1 rings (SSSR count). The third kappa shape index (κ3) is 3.30. The number of carbonyl (C=O) groups excluding carboxylic acids is 2. The van der Waals surface area contributed by atoms with Crippen LogP contribution in [0.3, 0.4) is 0 Å². The van der Waals surface area contributed by atoms with E-state index in [9.17, 15) is 9.59 Å². The van der Waals surface area contributed by atoms with E-state index in [0.29, 0.717) is 12.8 Å². The number of amides is 2. The third-order valence-electron chi connectivity index (χ3n) is 4.37. The molecule has 0 aromatic rings. The standard InChI is InChI=1S/C15H28N2O2S/c1-6-15(7-2)14(19)17(12(5)13(18)16-15)11(4)9-10-20-8-3/h11-12H,6-10H2,1-5H3,(H,16,18). The zero-order valence-electron chi connectivity index (χ0n) is 13.4. The third-order valence-corrected chi connectivity index (χ3v) is 5.30. The van der Waals surface area contributed by atoms with E-state index in [4.69, 9.17) is 0 Å². The smallest absolute Gasteiger partial charge is 0.249 e. The molecule has 2 atom stereocenters. The summed E-state index contributed by atoms with van der Waals surface area (Å²) in [5.74, 6) is 2.18. The van der Waals surface area contributed by atoms with Crippen molar-refractivity contribution in [2.45, 2.75) is 71.5 Å². The largest absolute Gasteiger partial charge is 0.340 e. The molecule has 1 heterocycles. The van der Waals surface area contributed by atoms with Gasteiger partial charge in [-0.2, -0.15) is 11.8 Å². The molecular formula is C15H28N2O2S. The van der Waals surface area contributed by atoms with E-state index in [1.54, 1.807) is 0 Å². The van der Waals surface area contributed by atoms with Crippen LogP contribution in [0.1, 0.15) is 53.9 Å². The van der Waals surface area contributed by atoms with Crippen molar-refractivity contribution in [3.05, 3.63) is 0 Å². The number of nitrogens with one attached hydrogen (secondary N) is 1. The maximum absolute atomic E-state index is 12.8. The number of hydrogen-bond donors (Lipinski definition) is 1. The molecular weight excluding hydrogens is 272 g/mol. The fourth-order valence-electron chi connectivity index (χ4n) is 2.79. The SMILES string of the molecule is CCSCCC(C)N1C(=O)C(CC)(CC)NC(=O)C1C. The average molecular weight is 300 g/mol. The maximum atomic E-state index is 12.8. The molecule has 20 heavy (non-hydrogen) atoms. The molecule has 1 fully saturated rings. The Morgan fingerprint density at radius 2 is 1.90 bits per heavy atom. The van der Waals surface area contributed by atoms with E-state index < -0.39 is 5.54 Å². The first-order valence-electron chi connectivity index (χ1n) is 7.66. The summed E-state index contributed by atoms with van der Waals surface area (Å²) >= 11 is 1.88. The van der Waals surface area contributed by atoms with Crippen LogP contribution in [0.15, 0.2) is 0 Å². The lowest BCUT2D eigenvalue weighted by Gasteiger charge is -2.47. The van der Waals surface area contributed by atoms with Gasteiger partial charge >= 0.3 is 0 Å². The van der Waals surface area contributed by atoms with E-state index in [2.05, 4.69) is 19.2 Å². The van der Waals surface area contributed by atoms with Gasteiger partial charge in [-0.1, -0.05) is 20.8 Å². The fraction of sp³-hybridized carbons (Fsp3) is 0.867. The van der Waals surface area contributed by atoms with Crippen molar-refractivity contribution >= 4 is 23.6 Å². The highest BCUT2D eigenvalue weighted by molar-refractivity contribution is 7.99. The van der Waals surface area contributed by atoms with Gasteiger partial charge in [0.15, 0.2) is 0 Å². The first kappa shape index (κ1) is 17.3. The summed E-state index contributed by atoms with van der Waals surface area (Å²) < 4.78 is 0. The second kappa shape index (κ2) is 7.34. The summed E-state index contributed by atoms with van der Waals surface area (Å²) in [5, 5.41) is 2.95. The highest BCUT2D eigenvalue weighted by atomic mass is 32.2. The van der Waals surface area contributed by atoms with Crippen LogP contribution in [0.2, 0.25) is 0 Å². The Morgan fingerprint density at radius 1 is 1.30 bits per heavy atom. The number of hydrogen-bond acceptors (Lipinski definition) is 3. The fourth-order valence-corrected chi connectivity index (χ4v) is 3.59. The topological polar surface area (TPSA) is 49.4 Å². The summed E-state index contributed by atoms with van der Waals surface area (Å²) in [7, 11) is 0. The summed E-state index contributed by atoms with van der Waals surface area (Å²) in [6.45, 7) is 9.95. The van der Waals surface area contributed by atoms with Gasteiger partial charge < -0.3 is 10.2 Å². The van der Waals surface area contributed by atoms with Gasteiger partial charge in [0.2, 0.25) is 11.8 Å². The molecule has 116 valence electrons. The van der Waals surface area contributed by atoms with Crippen molar-refractivity contribution in [2.75, 3.05) is 11.5 Å². The Kier molecular flexibility index (Phi) is 6.37. The highest BCUT2D eigenvalue weighted by Gasteiger charge is 2.48. The summed E-state index contributed by atoms with van der Waals surface area (Å²) in [6.07, 6.45) is 2.23. The Hall–Kier alpha value is -0.710. The second-order valence-electron chi connectivity index (χ2n) is 5.50. The van der Waals surface area contributed by atoms with Crippen molar-refractivity contribution in [3.8, 4) is 0 Å². The first-order chi connectivity index (χ1) is 9.43. The monoisotopic (exact) mass is 300 g/mol. The van der Waals surface area contributed by atoms with Gasteiger partial charge in [-0.15, -0.1) is 0 Å². The molecule has 2 unspecified atom stereocenters. The molecule has 0 radical (unpaired) electrons. The van der Waals surface area contributed by atoms with E-state index in [1.165, 1.54) is 0 Å². The van der Waals surface area contributed by atoms with Crippen LogP contribution in [0.4, 0.5) is 0 Å². The quantitative estimate of drug-likeness (QED) is 0.735. The number of carbonyl (C=O) groups is 2. The van der Waals surface area contributed by atoms with Gasteiger partial charge in [-0.05, 0) is 44.6 Å².